The fourth-order valence-corrected chi connectivity index (χ4v) is 2.70. The SMILES string of the molecule is CC[C@@]12CCCC[C@]1(O)C2. The highest BCUT2D eigenvalue weighted by Crippen LogP contribution is 2.66. The highest BCUT2D eigenvalue weighted by Gasteiger charge is 2.65. The van der Waals surface area contributed by atoms with E-state index in [1.54, 1.807) is 0 Å². The van der Waals surface area contributed by atoms with E-state index in [1.165, 1.54) is 25.7 Å². The van der Waals surface area contributed by atoms with Crippen LogP contribution in [0.4, 0.5) is 0 Å². The molecule has 1 heteroatoms. The van der Waals surface area contributed by atoms with E-state index in [1.807, 2.05) is 0 Å². The van der Waals surface area contributed by atoms with Crippen molar-refractivity contribution in [1.29, 1.82) is 0 Å². The van der Waals surface area contributed by atoms with Gasteiger partial charge in [-0.1, -0.05) is 19.8 Å². The molecule has 2 aliphatic carbocycles. The van der Waals surface area contributed by atoms with Crippen molar-refractivity contribution in [2.45, 2.75) is 51.0 Å². The molecule has 0 heterocycles. The zero-order valence-corrected chi connectivity index (χ0v) is 6.69. The fraction of sp³-hybridized carbons (Fsp3) is 1.00. The first-order valence-electron chi connectivity index (χ1n) is 4.45. The van der Waals surface area contributed by atoms with Crippen LogP contribution in [0.15, 0.2) is 0 Å². The maximum absolute atomic E-state index is 9.90. The lowest BCUT2D eigenvalue weighted by molar-refractivity contribution is 0.0609. The van der Waals surface area contributed by atoms with Gasteiger partial charge in [-0.15, -0.1) is 0 Å². The van der Waals surface area contributed by atoms with Gasteiger partial charge >= 0.3 is 0 Å². The molecule has 0 aliphatic heterocycles. The summed E-state index contributed by atoms with van der Waals surface area (Å²) < 4.78 is 0. The average Bonchev–Trinajstić information content (AvgIpc) is 2.56. The van der Waals surface area contributed by atoms with Gasteiger partial charge in [0.1, 0.15) is 0 Å². The van der Waals surface area contributed by atoms with Crippen LogP contribution in [0, 0.1) is 5.41 Å². The Morgan fingerprint density at radius 2 is 2.00 bits per heavy atom. The highest BCUT2D eigenvalue weighted by molar-refractivity contribution is 5.16. The van der Waals surface area contributed by atoms with Crippen molar-refractivity contribution in [3.05, 3.63) is 0 Å². The van der Waals surface area contributed by atoms with Crippen molar-refractivity contribution in [3.63, 3.8) is 0 Å². The normalized spacial score (nSPS) is 52.2. The van der Waals surface area contributed by atoms with Crippen molar-refractivity contribution in [3.8, 4) is 0 Å². The number of fused-ring (bicyclic) bond motifs is 1. The van der Waals surface area contributed by atoms with Crippen LogP contribution in [0.3, 0.4) is 0 Å². The first kappa shape index (κ1) is 6.66. The maximum Gasteiger partial charge on any atom is 0.0711 e. The van der Waals surface area contributed by atoms with Crippen molar-refractivity contribution in [2.24, 2.45) is 5.41 Å². The minimum atomic E-state index is -0.208. The zero-order valence-electron chi connectivity index (χ0n) is 6.69. The van der Waals surface area contributed by atoms with Crippen molar-refractivity contribution < 1.29 is 5.11 Å². The van der Waals surface area contributed by atoms with Crippen LogP contribution in [-0.2, 0) is 0 Å². The van der Waals surface area contributed by atoms with Gasteiger partial charge in [0.15, 0.2) is 0 Å². The second-order valence-electron chi connectivity index (χ2n) is 4.05. The Kier molecular flexibility index (Phi) is 1.17. The molecule has 10 heavy (non-hydrogen) atoms. The molecule has 1 N–H and O–H groups in total. The molecule has 2 aliphatic rings. The predicted molar refractivity (Wildman–Crippen MR) is 40.8 cm³/mol. The molecule has 0 aromatic heterocycles. The summed E-state index contributed by atoms with van der Waals surface area (Å²) in [6.45, 7) is 2.21. The summed E-state index contributed by atoms with van der Waals surface area (Å²) in [5.41, 5.74) is 0.172. The third-order valence-electron chi connectivity index (χ3n) is 3.67. The van der Waals surface area contributed by atoms with Gasteiger partial charge in [-0.2, -0.15) is 0 Å². The quantitative estimate of drug-likeness (QED) is 0.591. The van der Waals surface area contributed by atoms with Crippen LogP contribution in [0.2, 0.25) is 0 Å². The summed E-state index contributed by atoms with van der Waals surface area (Å²) in [7, 11) is 0. The summed E-state index contributed by atoms with van der Waals surface area (Å²) in [5.74, 6) is 0. The molecule has 0 aromatic carbocycles. The monoisotopic (exact) mass is 140 g/mol. The first-order valence-corrected chi connectivity index (χ1v) is 4.45. The molecule has 2 saturated carbocycles. The smallest absolute Gasteiger partial charge is 0.0711 e. The lowest BCUT2D eigenvalue weighted by Crippen LogP contribution is -2.23. The Labute approximate surface area is 62.4 Å². The van der Waals surface area contributed by atoms with Gasteiger partial charge in [0.05, 0.1) is 5.60 Å². The predicted octanol–water partition coefficient (Wildman–Crippen LogP) is 2.09. The minimum Gasteiger partial charge on any atom is -0.389 e. The van der Waals surface area contributed by atoms with Gasteiger partial charge in [0.2, 0.25) is 0 Å². The number of hydrogen-bond donors (Lipinski definition) is 1. The average molecular weight is 140 g/mol. The van der Waals surface area contributed by atoms with Crippen LogP contribution in [0.25, 0.3) is 0 Å². The molecule has 0 spiro atoms. The largest absolute Gasteiger partial charge is 0.389 e. The van der Waals surface area contributed by atoms with Crippen LogP contribution in [0.5, 0.6) is 0 Å². The van der Waals surface area contributed by atoms with E-state index in [9.17, 15) is 5.11 Å². The van der Waals surface area contributed by atoms with Gasteiger partial charge in [-0.25, -0.2) is 0 Å². The van der Waals surface area contributed by atoms with Crippen LogP contribution in [0.1, 0.15) is 45.4 Å². The van der Waals surface area contributed by atoms with E-state index < -0.39 is 0 Å². The number of aliphatic hydroxyl groups is 1. The Bertz CT molecular complexity index is 151. The topological polar surface area (TPSA) is 20.2 Å². The zero-order chi connectivity index (χ0) is 7.24. The van der Waals surface area contributed by atoms with E-state index in [0.717, 1.165) is 12.8 Å². The van der Waals surface area contributed by atoms with Gasteiger partial charge in [-0.3, -0.25) is 0 Å². The standard InChI is InChI=1S/C9H16O/c1-2-8-5-3-4-6-9(8,10)7-8/h10H,2-7H2,1H3/t8-,9-/m0/s1. The van der Waals surface area contributed by atoms with Gasteiger partial charge in [-0.05, 0) is 25.7 Å². The summed E-state index contributed by atoms with van der Waals surface area (Å²) in [5, 5.41) is 9.90. The van der Waals surface area contributed by atoms with Gasteiger partial charge in [0, 0.05) is 5.41 Å². The number of hydrogen-bond acceptors (Lipinski definition) is 1. The second kappa shape index (κ2) is 1.76. The molecule has 2 fully saturated rings. The van der Waals surface area contributed by atoms with Crippen LogP contribution in [-0.4, -0.2) is 10.7 Å². The van der Waals surface area contributed by atoms with Gasteiger partial charge in [0.25, 0.3) is 0 Å². The summed E-state index contributed by atoms with van der Waals surface area (Å²) in [4.78, 5) is 0. The molecule has 58 valence electrons. The van der Waals surface area contributed by atoms with E-state index in [0.29, 0.717) is 5.41 Å². The van der Waals surface area contributed by atoms with Crippen molar-refractivity contribution in [2.75, 3.05) is 0 Å². The molecular formula is C9H16O. The van der Waals surface area contributed by atoms with Crippen molar-refractivity contribution >= 4 is 0 Å². The molecule has 0 saturated heterocycles. The third-order valence-corrected chi connectivity index (χ3v) is 3.67. The molecule has 0 bridgehead atoms. The summed E-state index contributed by atoms with van der Waals surface area (Å²) in [6.07, 6.45) is 7.22. The molecule has 1 nitrogen and oxygen atoms in total. The van der Waals surface area contributed by atoms with E-state index >= 15 is 0 Å². The molecule has 0 aromatic rings. The fourth-order valence-electron chi connectivity index (χ4n) is 2.70. The minimum absolute atomic E-state index is 0.208. The van der Waals surface area contributed by atoms with Crippen LogP contribution < -0.4 is 0 Å². The maximum atomic E-state index is 9.90. The van der Waals surface area contributed by atoms with Gasteiger partial charge < -0.3 is 5.11 Å². The summed E-state index contributed by atoms with van der Waals surface area (Å²) >= 11 is 0. The lowest BCUT2D eigenvalue weighted by Gasteiger charge is -2.25. The summed E-state index contributed by atoms with van der Waals surface area (Å²) in [6, 6.07) is 0. The molecular weight excluding hydrogens is 124 g/mol. The van der Waals surface area contributed by atoms with Crippen molar-refractivity contribution in [1.82, 2.24) is 0 Å². The Balaban J connectivity index is 2.13. The Morgan fingerprint density at radius 1 is 1.30 bits per heavy atom. The van der Waals surface area contributed by atoms with E-state index in [-0.39, 0.29) is 5.60 Å². The third kappa shape index (κ3) is 0.619. The van der Waals surface area contributed by atoms with E-state index in [4.69, 9.17) is 0 Å². The van der Waals surface area contributed by atoms with Crippen LogP contribution >= 0.6 is 0 Å². The molecule has 0 unspecified atom stereocenters. The Hall–Kier alpha value is -0.0400. The molecule has 2 atom stereocenters. The second-order valence-corrected chi connectivity index (χ2v) is 4.05. The Morgan fingerprint density at radius 3 is 2.50 bits per heavy atom. The molecule has 2 rings (SSSR count). The molecule has 0 radical (unpaired) electrons. The number of rotatable bonds is 1. The highest BCUT2D eigenvalue weighted by atomic mass is 16.3. The first-order chi connectivity index (χ1) is 4.72. The molecule has 0 amide bonds. The lowest BCUT2D eigenvalue weighted by atomic mass is 9.84. The van der Waals surface area contributed by atoms with E-state index in [2.05, 4.69) is 6.92 Å².